The molecule has 2 aromatic carbocycles. The monoisotopic (exact) mass is 366 g/mol. The maximum Gasteiger partial charge on any atom is 0.239 e. The Morgan fingerprint density at radius 3 is 2.92 bits per heavy atom. The molecule has 5 nitrogen and oxygen atoms in total. The molecule has 0 atom stereocenters. The van der Waals surface area contributed by atoms with Gasteiger partial charge in [0.1, 0.15) is 12.4 Å². The second-order valence-electron chi connectivity index (χ2n) is 6.27. The van der Waals surface area contributed by atoms with Gasteiger partial charge >= 0.3 is 0 Å². The molecule has 2 heterocycles. The van der Waals surface area contributed by atoms with Crippen LogP contribution in [0.5, 0.6) is 0 Å². The Bertz CT molecular complexity index is 1030. The van der Waals surface area contributed by atoms with Crippen molar-refractivity contribution < 1.29 is 4.79 Å². The van der Waals surface area contributed by atoms with Crippen molar-refractivity contribution in [2.45, 2.75) is 19.4 Å². The molecule has 4 aromatic rings. The van der Waals surface area contributed by atoms with Crippen LogP contribution in [-0.4, -0.2) is 27.0 Å². The highest BCUT2D eigenvalue weighted by atomic mass is 35.5. The first-order valence-corrected chi connectivity index (χ1v) is 9.02. The van der Waals surface area contributed by atoms with Crippen LogP contribution in [0.2, 0.25) is 5.02 Å². The van der Waals surface area contributed by atoms with Crippen LogP contribution in [0.15, 0.2) is 54.7 Å². The molecular weight excluding hydrogens is 348 g/mol. The molecule has 0 saturated heterocycles. The van der Waals surface area contributed by atoms with Crippen molar-refractivity contribution in [2.24, 2.45) is 0 Å². The highest BCUT2D eigenvalue weighted by molar-refractivity contribution is 6.35. The largest absolute Gasteiger partial charge is 0.355 e. The van der Waals surface area contributed by atoms with Crippen LogP contribution in [-0.2, 0) is 17.8 Å². The molecule has 26 heavy (non-hydrogen) atoms. The average molecular weight is 367 g/mol. The van der Waals surface area contributed by atoms with Gasteiger partial charge in [-0.05, 0) is 36.8 Å². The summed E-state index contributed by atoms with van der Waals surface area (Å²) in [7, 11) is 0. The summed E-state index contributed by atoms with van der Waals surface area (Å²) < 4.78 is 1.91. The lowest BCUT2D eigenvalue weighted by molar-refractivity contribution is -0.121. The zero-order chi connectivity index (χ0) is 17.9. The first-order valence-electron chi connectivity index (χ1n) is 8.64. The number of carbonyl (C=O) groups is 1. The number of H-pyrrole nitrogens is 1. The fourth-order valence-corrected chi connectivity index (χ4v) is 3.37. The van der Waals surface area contributed by atoms with Gasteiger partial charge in [-0.3, -0.25) is 4.79 Å². The minimum Gasteiger partial charge on any atom is -0.355 e. The number of rotatable bonds is 6. The molecule has 0 aliphatic carbocycles. The molecule has 0 saturated carbocycles. The highest BCUT2D eigenvalue weighted by Gasteiger charge is 2.08. The lowest BCUT2D eigenvalue weighted by Gasteiger charge is -2.07. The average Bonchev–Trinajstić information content (AvgIpc) is 3.23. The van der Waals surface area contributed by atoms with E-state index in [-0.39, 0.29) is 12.5 Å². The van der Waals surface area contributed by atoms with Gasteiger partial charge in [0.05, 0.1) is 11.0 Å². The summed E-state index contributed by atoms with van der Waals surface area (Å²) >= 11 is 6.17. The van der Waals surface area contributed by atoms with E-state index in [9.17, 15) is 4.79 Å². The molecular formula is C20H19ClN4O. The molecule has 0 fully saturated rings. The van der Waals surface area contributed by atoms with Crippen LogP contribution in [0, 0.1) is 0 Å². The summed E-state index contributed by atoms with van der Waals surface area (Å²) in [5.41, 5.74) is 2.99. The Balaban J connectivity index is 1.29. The van der Waals surface area contributed by atoms with Crippen LogP contribution in [0.4, 0.5) is 0 Å². The number of amides is 1. The Morgan fingerprint density at radius 1 is 1.15 bits per heavy atom. The number of para-hydroxylation sites is 2. The van der Waals surface area contributed by atoms with Gasteiger partial charge in [-0.1, -0.05) is 29.8 Å². The maximum absolute atomic E-state index is 12.2. The third kappa shape index (κ3) is 3.44. The normalized spacial score (nSPS) is 11.3. The predicted molar refractivity (Wildman–Crippen MR) is 104 cm³/mol. The Hall–Kier alpha value is -2.79. The van der Waals surface area contributed by atoms with Gasteiger partial charge < -0.3 is 14.9 Å². The first kappa shape index (κ1) is 16.7. The molecule has 0 aliphatic rings. The van der Waals surface area contributed by atoms with Crippen LogP contribution < -0.4 is 5.32 Å². The van der Waals surface area contributed by atoms with E-state index in [1.807, 2.05) is 59.3 Å². The summed E-state index contributed by atoms with van der Waals surface area (Å²) in [4.78, 5) is 20.1. The molecule has 0 radical (unpaired) electrons. The zero-order valence-corrected chi connectivity index (χ0v) is 15.0. The van der Waals surface area contributed by atoms with E-state index in [0.29, 0.717) is 11.6 Å². The molecule has 0 aliphatic heterocycles. The number of benzene rings is 2. The van der Waals surface area contributed by atoms with Crippen LogP contribution in [0.1, 0.15) is 12.2 Å². The lowest BCUT2D eigenvalue weighted by atomic mass is 10.2. The number of hydrogen-bond donors (Lipinski definition) is 2. The molecule has 0 spiro atoms. The minimum atomic E-state index is -0.00733. The van der Waals surface area contributed by atoms with Gasteiger partial charge in [-0.2, -0.15) is 0 Å². The zero-order valence-electron chi connectivity index (χ0n) is 14.2. The molecule has 2 aromatic heterocycles. The number of carbonyl (C=O) groups excluding carboxylic acids is 1. The smallest absolute Gasteiger partial charge is 0.239 e. The number of imidazole rings is 1. The number of fused-ring (bicyclic) bond motifs is 2. The number of aromatic nitrogens is 3. The number of nitrogens with one attached hydrogen (secondary N) is 2. The number of aryl methyl sites for hydroxylation is 1. The summed E-state index contributed by atoms with van der Waals surface area (Å²) in [6, 6.07) is 15.6. The fraction of sp³-hybridized carbons (Fsp3) is 0.200. The molecule has 6 heteroatoms. The van der Waals surface area contributed by atoms with Gasteiger partial charge in [-0.15, -0.1) is 0 Å². The van der Waals surface area contributed by atoms with E-state index in [0.717, 1.165) is 40.6 Å². The van der Waals surface area contributed by atoms with E-state index < -0.39 is 0 Å². The summed E-state index contributed by atoms with van der Waals surface area (Å²) in [5.74, 6) is 0.943. The molecule has 2 N–H and O–H groups in total. The Labute approximate surface area is 156 Å². The predicted octanol–water partition coefficient (Wildman–Crippen LogP) is 3.92. The minimum absolute atomic E-state index is 0.00733. The third-order valence-corrected chi connectivity index (χ3v) is 4.75. The van der Waals surface area contributed by atoms with E-state index in [1.165, 1.54) is 0 Å². The van der Waals surface area contributed by atoms with Gasteiger partial charge in [0.25, 0.3) is 0 Å². The number of aromatic amines is 1. The van der Waals surface area contributed by atoms with Crippen molar-refractivity contribution in [2.75, 3.05) is 6.54 Å². The van der Waals surface area contributed by atoms with Crippen molar-refractivity contribution in [3.05, 3.63) is 65.6 Å². The summed E-state index contributed by atoms with van der Waals surface area (Å²) in [6.45, 7) is 0.907. The van der Waals surface area contributed by atoms with Crippen molar-refractivity contribution in [1.82, 2.24) is 19.9 Å². The Morgan fingerprint density at radius 2 is 2.04 bits per heavy atom. The van der Waals surface area contributed by atoms with Gasteiger partial charge in [0.15, 0.2) is 0 Å². The second-order valence-corrected chi connectivity index (χ2v) is 6.68. The van der Waals surface area contributed by atoms with Crippen molar-refractivity contribution >= 4 is 39.4 Å². The quantitative estimate of drug-likeness (QED) is 0.508. The van der Waals surface area contributed by atoms with Crippen LogP contribution in [0.25, 0.3) is 21.9 Å². The number of halogens is 1. The van der Waals surface area contributed by atoms with Crippen LogP contribution >= 0.6 is 11.6 Å². The number of nitrogens with zero attached hydrogens (tertiary/aromatic N) is 2. The molecule has 0 unspecified atom stereocenters. The van der Waals surface area contributed by atoms with Gasteiger partial charge in [-0.25, -0.2) is 4.98 Å². The van der Waals surface area contributed by atoms with Crippen molar-refractivity contribution in [3.8, 4) is 0 Å². The van der Waals surface area contributed by atoms with E-state index in [1.54, 1.807) is 0 Å². The van der Waals surface area contributed by atoms with E-state index in [4.69, 9.17) is 11.6 Å². The first-order chi connectivity index (χ1) is 12.7. The number of hydrogen-bond acceptors (Lipinski definition) is 2. The summed E-state index contributed by atoms with van der Waals surface area (Å²) in [5, 5.41) is 4.64. The van der Waals surface area contributed by atoms with E-state index >= 15 is 0 Å². The maximum atomic E-state index is 12.2. The molecule has 4 rings (SSSR count). The van der Waals surface area contributed by atoms with Gasteiger partial charge in [0, 0.05) is 35.1 Å². The topological polar surface area (TPSA) is 62.7 Å². The fourth-order valence-electron chi connectivity index (χ4n) is 3.14. The molecule has 132 valence electrons. The molecule has 0 bridgehead atoms. The second kappa shape index (κ2) is 7.22. The highest BCUT2D eigenvalue weighted by Crippen LogP contribution is 2.24. The van der Waals surface area contributed by atoms with Crippen LogP contribution in [0.3, 0.4) is 0 Å². The standard InChI is InChI=1S/C20H19ClN4O/c21-15-5-3-8-18-14(15)10-12-25(18)13-20(26)22-11-4-9-19-23-16-6-1-2-7-17(16)24-19/h1-3,5-8,10,12H,4,9,11,13H2,(H,22,26)(H,23,24). The van der Waals surface area contributed by atoms with Crippen molar-refractivity contribution in [1.29, 1.82) is 0 Å². The Kier molecular flexibility index (Phi) is 4.63. The summed E-state index contributed by atoms with van der Waals surface area (Å²) in [6.07, 6.45) is 3.53. The SMILES string of the molecule is O=C(Cn1ccc2c(Cl)cccc21)NCCCc1nc2ccccc2[nH]1. The third-order valence-electron chi connectivity index (χ3n) is 4.43. The van der Waals surface area contributed by atoms with Gasteiger partial charge in [0.2, 0.25) is 5.91 Å². The lowest BCUT2D eigenvalue weighted by Crippen LogP contribution is -2.28. The van der Waals surface area contributed by atoms with Crippen molar-refractivity contribution in [3.63, 3.8) is 0 Å². The molecule has 1 amide bonds. The van der Waals surface area contributed by atoms with E-state index in [2.05, 4.69) is 15.3 Å².